The number of anilines is 2. The number of amides is 2. The van der Waals surface area contributed by atoms with Crippen molar-refractivity contribution in [2.45, 2.75) is 25.6 Å². The minimum atomic E-state index is -4.70. The number of ether oxygens (including phenoxy) is 2. The highest BCUT2D eigenvalue weighted by molar-refractivity contribution is 7.22. The van der Waals surface area contributed by atoms with Gasteiger partial charge < -0.3 is 19.9 Å². The van der Waals surface area contributed by atoms with Crippen LogP contribution in [0.2, 0.25) is 5.02 Å². The SMILES string of the molecule is COc1ccc2nc(N(Cc3ccc(OCCCC(=O)O)cc3)C(=O)Nc3ccc(Cl)c(C(F)(F)F)c3)sc2n1. The van der Waals surface area contributed by atoms with Gasteiger partial charge in [-0.2, -0.15) is 13.2 Å². The van der Waals surface area contributed by atoms with Crippen molar-refractivity contribution in [1.29, 1.82) is 0 Å². The number of carbonyl (C=O) groups is 2. The molecule has 2 N–H and O–H groups in total. The second-order valence-corrected chi connectivity index (χ2v) is 9.74. The van der Waals surface area contributed by atoms with Crippen molar-refractivity contribution in [3.05, 3.63) is 70.7 Å². The van der Waals surface area contributed by atoms with Crippen molar-refractivity contribution in [3.63, 3.8) is 0 Å². The Labute approximate surface area is 235 Å². The molecule has 2 aromatic heterocycles. The average Bonchev–Trinajstić information content (AvgIpc) is 3.33. The predicted molar refractivity (Wildman–Crippen MR) is 144 cm³/mol. The molecule has 0 bridgehead atoms. The Morgan fingerprint density at radius 2 is 1.85 bits per heavy atom. The van der Waals surface area contributed by atoms with E-state index in [2.05, 4.69) is 15.3 Å². The van der Waals surface area contributed by atoms with Gasteiger partial charge in [0.05, 0.1) is 30.8 Å². The molecule has 0 saturated heterocycles. The number of urea groups is 1. The van der Waals surface area contributed by atoms with Crippen LogP contribution in [0.15, 0.2) is 54.6 Å². The first-order chi connectivity index (χ1) is 19.0. The summed E-state index contributed by atoms with van der Waals surface area (Å²) >= 11 is 6.83. The number of nitrogens with one attached hydrogen (secondary N) is 1. The summed E-state index contributed by atoms with van der Waals surface area (Å²) in [5, 5.41) is 11.0. The molecule has 9 nitrogen and oxygen atoms in total. The second kappa shape index (κ2) is 12.4. The number of aromatic nitrogens is 2. The van der Waals surface area contributed by atoms with Crippen LogP contribution in [0, 0.1) is 0 Å². The maximum absolute atomic E-state index is 13.4. The van der Waals surface area contributed by atoms with Gasteiger partial charge in [0.15, 0.2) is 5.13 Å². The molecule has 0 unspecified atom stereocenters. The number of nitrogens with zero attached hydrogens (tertiary/aromatic N) is 3. The summed E-state index contributed by atoms with van der Waals surface area (Å²) in [5.74, 6) is -0.0326. The molecule has 210 valence electrons. The van der Waals surface area contributed by atoms with Crippen LogP contribution in [0.1, 0.15) is 24.0 Å². The molecule has 2 aromatic carbocycles. The zero-order valence-electron chi connectivity index (χ0n) is 20.9. The third-order valence-electron chi connectivity index (χ3n) is 5.49. The molecule has 0 saturated carbocycles. The van der Waals surface area contributed by atoms with Crippen LogP contribution in [0.3, 0.4) is 0 Å². The van der Waals surface area contributed by atoms with E-state index in [4.69, 9.17) is 26.2 Å². The summed E-state index contributed by atoms with van der Waals surface area (Å²) in [7, 11) is 1.47. The Kier molecular flexibility index (Phi) is 8.95. The maximum atomic E-state index is 13.4. The van der Waals surface area contributed by atoms with Crippen LogP contribution >= 0.6 is 22.9 Å². The van der Waals surface area contributed by atoms with Crippen molar-refractivity contribution in [2.75, 3.05) is 23.9 Å². The highest BCUT2D eigenvalue weighted by atomic mass is 35.5. The lowest BCUT2D eigenvalue weighted by Crippen LogP contribution is -2.34. The lowest BCUT2D eigenvalue weighted by Gasteiger charge is -2.21. The number of fused-ring (bicyclic) bond motifs is 1. The monoisotopic (exact) mass is 594 g/mol. The molecule has 14 heteroatoms. The van der Waals surface area contributed by atoms with E-state index >= 15 is 0 Å². The summed E-state index contributed by atoms with van der Waals surface area (Å²) in [4.78, 5) is 34.7. The Balaban J connectivity index is 1.59. The van der Waals surface area contributed by atoms with Gasteiger partial charge in [-0.15, -0.1) is 0 Å². The molecule has 0 aliphatic heterocycles. The van der Waals surface area contributed by atoms with Crippen molar-refractivity contribution in [3.8, 4) is 11.6 Å². The van der Waals surface area contributed by atoms with Gasteiger partial charge in [-0.05, 0) is 48.4 Å². The second-order valence-electron chi connectivity index (χ2n) is 8.37. The molecular formula is C26H22ClF3N4O5S. The number of alkyl halides is 3. The number of thiazole rings is 1. The summed E-state index contributed by atoms with van der Waals surface area (Å²) in [6.07, 6.45) is -4.36. The van der Waals surface area contributed by atoms with Gasteiger partial charge in [0, 0.05) is 18.2 Å². The van der Waals surface area contributed by atoms with Gasteiger partial charge >= 0.3 is 18.2 Å². The summed E-state index contributed by atoms with van der Waals surface area (Å²) < 4.78 is 50.8. The maximum Gasteiger partial charge on any atom is 0.417 e. The van der Waals surface area contributed by atoms with Crippen LogP contribution in [0.4, 0.5) is 28.8 Å². The van der Waals surface area contributed by atoms with E-state index in [0.29, 0.717) is 34.0 Å². The molecular weight excluding hydrogens is 573 g/mol. The number of hydrogen-bond donors (Lipinski definition) is 2. The summed E-state index contributed by atoms with van der Waals surface area (Å²) in [6, 6.07) is 12.5. The van der Waals surface area contributed by atoms with Crippen LogP contribution < -0.4 is 19.7 Å². The van der Waals surface area contributed by atoms with E-state index in [1.807, 2.05) is 0 Å². The molecule has 4 aromatic rings. The lowest BCUT2D eigenvalue weighted by molar-refractivity contribution is -0.138. The number of carbonyl (C=O) groups excluding carboxylic acids is 1. The fourth-order valence-electron chi connectivity index (χ4n) is 3.54. The number of halogens is 4. The molecule has 40 heavy (non-hydrogen) atoms. The van der Waals surface area contributed by atoms with E-state index in [9.17, 15) is 22.8 Å². The van der Waals surface area contributed by atoms with Gasteiger partial charge in [-0.3, -0.25) is 9.69 Å². The molecule has 0 aliphatic carbocycles. The van der Waals surface area contributed by atoms with Crippen LogP contribution in [-0.4, -0.2) is 40.8 Å². The fraction of sp³-hybridized carbons (Fsp3) is 0.231. The first kappa shape index (κ1) is 28.9. The molecule has 4 rings (SSSR count). The minimum Gasteiger partial charge on any atom is -0.494 e. The number of hydrogen-bond acceptors (Lipinski definition) is 7. The van der Waals surface area contributed by atoms with Gasteiger partial charge in [-0.25, -0.2) is 14.8 Å². The molecule has 0 atom stereocenters. The van der Waals surface area contributed by atoms with Gasteiger partial charge in [-0.1, -0.05) is 35.1 Å². The molecule has 2 amide bonds. The highest BCUT2D eigenvalue weighted by Crippen LogP contribution is 2.36. The number of pyridine rings is 1. The fourth-order valence-corrected chi connectivity index (χ4v) is 4.70. The van der Waals surface area contributed by atoms with E-state index in [-0.39, 0.29) is 30.4 Å². The number of carboxylic acids is 1. The van der Waals surface area contributed by atoms with E-state index in [0.717, 1.165) is 23.5 Å². The molecule has 2 heterocycles. The van der Waals surface area contributed by atoms with E-state index in [1.54, 1.807) is 36.4 Å². The Hall–Kier alpha value is -4.10. The Bertz CT molecular complexity index is 1510. The van der Waals surface area contributed by atoms with Crippen molar-refractivity contribution in [1.82, 2.24) is 9.97 Å². The quantitative estimate of drug-likeness (QED) is 0.193. The smallest absolute Gasteiger partial charge is 0.417 e. The summed E-state index contributed by atoms with van der Waals surface area (Å²) in [6.45, 7) is 0.241. The number of benzene rings is 2. The van der Waals surface area contributed by atoms with E-state index in [1.165, 1.54) is 18.1 Å². The molecule has 0 fully saturated rings. The largest absolute Gasteiger partial charge is 0.494 e. The van der Waals surface area contributed by atoms with Gasteiger partial charge in [0.1, 0.15) is 16.1 Å². The van der Waals surface area contributed by atoms with Crippen molar-refractivity contribution in [2.24, 2.45) is 0 Å². The molecule has 0 radical (unpaired) electrons. The average molecular weight is 595 g/mol. The summed E-state index contributed by atoms with van der Waals surface area (Å²) in [5.41, 5.74) is 0.00552. The number of carboxylic acid groups (broad SMARTS) is 1. The van der Waals surface area contributed by atoms with Crippen molar-refractivity contribution < 1.29 is 37.3 Å². The first-order valence-electron chi connectivity index (χ1n) is 11.7. The lowest BCUT2D eigenvalue weighted by atomic mass is 10.2. The van der Waals surface area contributed by atoms with Crippen molar-refractivity contribution >= 4 is 56.1 Å². The molecule has 0 aliphatic rings. The highest BCUT2D eigenvalue weighted by Gasteiger charge is 2.33. The van der Waals surface area contributed by atoms with E-state index < -0.39 is 28.8 Å². The normalized spacial score (nSPS) is 11.3. The zero-order valence-corrected chi connectivity index (χ0v) is 22.4. The Morgan fingerprint density at radius 3 is 2.52 bits per heavy atom. The number of methoxy groups -OCH3 is 1. The number of aliphatic carboxylic acids is 1. The number of rotatable bonds is 10. The Morgan fingerprint density at radius 1 is 1.10 bits per heavy atom. The topological polar surface area (TPSA) is 114 Å². The zero-order chi connectivity index (χ0) is 28.9. The third kappa shape index (κ3) is 7.30. The van der Waals surface area contributed by atoms with Gasteiger partial charge in [0.25, 0.3) is 0 Å². The van der Waals surface area contributed by atoms with Crippen LogP contribution in [0.5, 0.6) is 11.6 Å². The predicted octanol–water partition coefficient (Wildman–Crippen LogP) is 6.85. The standard InChI is InChI=1S/C26H22ClF3N4O5S/c1-38-21-11-10-20-23(33-21)40-25(32-20)34(14-15-4-7-17(8-5-15)39-12-2-3-22(35)36)24(37)31-16-6-9-19(27)18(13-16)26(28,29)30/h4-11,13H,2-3,12,14H2,1H3,(H,31,37)(H,35,36). The van der Waals surface area contributed by atoms with Crippen LogP contribution in [-0.2, 0) is 17.5 Å². The third-order valence-corrected chi connectivity index (χ3v) is 6.81. The minimum absolute atomic E-state index is 0.0108. The molecule has 0 spiro atoms. The first-order valence-corrected chi connectivity index (χ1v) is 12.9. The van der Waals surface area contributed by atoms with Gasteiger partial charge in [0.2, 0.25) is 5.88 Å². The van der Waals surface area contributed by atoms with Crippen LogP contribution in [0.25, 0.3) is 10.3 Å².